The molecule has 0 aromatic heterocycles. The zero-order chi connectivity index (χ0) is 20.4. The number of rotatable bonds is 7. The highest BCUT2D eigenvalue weighted by atomic mass is 32.1. The van der Waals surface area contributed by atoms with E-state index in [1.807, 2.05) is 0 Å². The largest absolute Gasteiger partial charge is 0.484 e. The predicted molar refractivity (Wildman–Crippen MR) is 106 cm³/mol. The van der Waals surface area contributed by atoms with Gasteiger partial charge in [0.2, 0.25) is 5.91 Å². The Hall–Kier alpha value is -2.68. The number of amides is 2. The van der Waals surface area contributed by atoms with Crippen LogP contribution in [-0.2, 0) is 14.3 Å². The summed E-state index contributed by atoms with van der Waals surface area (Å²) in [5, 5.41) is 2.58. The Bertz CT molecular complexity index is 702. The van der Waals surface area contributed by atoms with E-state index in [2.05, 4.69) is 16.2 Å². The Morgan fingerprint density at radius 2 is 1.75 bits per heavy atom. The van der Waals surface area contributed by atoms with E-state index in [0.29, 0.717) is 30.3 Å². The van der Waals surface area contributed by atoms with Gasteiger partial charge in [-0.15, -0.1) is 0 Å². The summed E-state index contributed by atoms with van der Waals surface area (Å²) in [6, 6.07) is 6.25. The van der Waals surface area contributed by atoms with Crippen molar-refractivity contribution in [2.24, 2.45) is 5.92 Å². The van der Waals surface area contributed by atoms with Gasteiger partial charge >= 0.3 is 5.97 Å². The van der Waals surface area contributed by atoms with Crippen LogP contribution in [0.1, 0.15) is 49.4 Å². The number of esters is 1. The average molecular weight is 407 g/mol. The van der Waals surface area contributed by atoms with E-state index in [9.17, 15) is 14.4 Å². The highest BCUT2D eigenvalue weighted by Crippen LogP contribution is 2.27. The van der Waals surface area contributed by atoms with Crippen molar-refractivity contribution in [3.63, 3.8) is 0 Å². The predicted octanol–water partition coefficient (Wildman–Crippen LogP) is 1.84. The lowest BCUT2D eigenvalue weighted by Crippen LogP contribution is -2.49. The van der Waals surface area contributed by atoms with Crippen LogP contribution in [0.25, 0.3) is 0 Å². The standard InChI is InChI=1S/C19H25N3O5S/c1-2-26-18(25)14-7-9-15(10-8-14)27-12-17(24)21-22-19(28)20-16(23)11-13-5-3-4-6-13/h7-10,13H,2-6,11-12H2,1H3,(H,21,24)(H2,20,22,23,28). The third kappa shape index (κ3) is 7.51. The molecule has 8 nitrogen and oxygen atoms in total. The summed E-state index contributed by atoms with van der Waals surface area (Å²) in [6.07, 6.45) is 4.93. The minimum atomic E-state index is -0.470. The number of hydrogen-bond acceptors (Lipinski definition) is 6. The third-order valence-corrected chi connectivity index (χ3v) is 4.46. The van der Waals surface area contributed by atoms with Crippen LogP contribution in [0.2, 0.25) is 0 Å². The molecule has 0 aliphatic heterocycles. The van der Waals surface area contributed by atoms with Gasteiger partial charge in [-0.1, -0.05) is 12.8 Å². The van der Waals surface area contributed by atoms with Gasteiger partial charge in [0, 0.05) is 6.42 Å². The van der Waals surface area contributed by atoms with E-state index in [1.54, 1.807) is 31.2 Å². The van der Waals surface area contributed by atoms with Crippen molar-refractivity contribution in [1.29, 1.82) is 0 Å². The van der Waals surface area contributed by atoms with Gasteiger partial charge in [-0.3, -0.25) is 20.4 Å². The summed E-state index contributed by atoms with van der Waals surface area (Å²) in [7, 11) is 0. The van der Waals surface area contributed by atoms with Crippen LogP contribution in [0, 0.1) is 5.92 Å². The molecule has 1 aliphatic carbocycles. The lowest BCUT2D eigenvalue weighted by atomic mass is 10.0. The molecule has 0 saturated heterocycles. The van der Waals surface area contributed by atoms with Crippen molar-refractivity contribution in [3.8, 4) is 5.75 Å². The first kappa shape index (κ1) is 21.6. The number of ether oxygens (including phenoxy) is 2. The molecule has 1 aliphatic rings. The molecule has 0 heterocycles. The van der Waals surface area contributed by atoms with Crippen molar-refractivity contribution in [3.05, 3.63) is 29.8 Å². The number of hydrogen-bond donors (Lipinski definition) is 3. The van der Waals surface area contributed by atoms with Gasteiger partial charge in [-0.05, 0) is 62.2 Å². The molecule has 3 N–H and O–H groups in total. The molecule has 1 fully saturated rings. The quantitative estimate of drug-likeness (QED) is 0.360. The van der Waals surface area contributed by atoms with Crippen LogP contribution in [0.15, 0.2) is 24.3 Å². The SMILES string of the molecule is CCOC(=O)c1ccc(OCC(=O)NNC(=S)NC(=O)CC2CCCC2)cc1. The molecule has 1 aromatic carbocycles. The molecule has 0 unspecified atom stereocenters. The smallest absolute Gasteiger partial charge is 0.338 e. The summed E-state index contributed by atoms with van der Waals surface area (Å²) >= 11 is 4.99. The van der Waals surface area contributed by atoms with Gasteiger partial charge < -0.3 is 14.8 Å². The molecule has 0 atom stereocenters. The molecule has 2 amide bonds. The first-order valence-electron chi connectivity index (χ1n) is 9.26. The molecule has 152 valence electrons. The van der Waals surface area contributed by atoms with E-state index >= 15 is 0 Å². The molecule has 0 bridgehead atoms. The number of nitrogens with one attached hydrogen (secondary N) is 3. The van der Waals surface area contributed by atoms with E-state index < -0.39 is 11.9 Å². The number of carbonyl (C=O) groups excluding carboxylic acids is 3. The Morgan fingerprint density at radius 3 is 2.39 bits per heavy atom. The van der Waals surface area contributed by atoms with Crippen molar-refractivity contribution < 1.29 is 23.9 Å². The fourth-order valence-corrected chi connectivity index (χ4v) is 3.06. The van der Waals surface area contributed by atoms with Crippen molar-refractivity contribution >= 4 is 35.1 Å². The van der Waals surface area contributed by atoms with Gasteiger partial charge in [0.15, 0.2) is 11.7 Å². The van der Waals surface area contributed by atoms with Crippen molar-refractivity contribution in [2.75, 3.05) is 13.2 Å². The molecule has 0 radical (unpaired) electrons. The van der Waals surface area contributed by atoms with Gasteiger partial charge in [-0.2, -0.15) is 0 Å². The topological polar surface area (TPSA) is 106 Å². The molecule has 9 heteroatoms. The fourth-order valence-electron chi connectivity index (χ4n) is 2.90. The highest BCUT2D eigenvalue weighted by molar-refractivity contribution is 7.80. The highest BCUT2D eigenvalue weighted by Gasteiger charge is 2.19. The molecule has 0 spiro atoms. The van der Waals surface area contributed by atoms with Gasteiger partial charge in [0.05, 0.1) is 12.2 Å². The first-order valence-corrected chi connectivity index (χ1v) is 9.67. The lowest BCUT2D eigenvalue weighted by molar-refractivity contribution is -0.124. The second kappa shape index (κ2) is 11.2. The van der Waals surface area contributed by atoms with Crippen LogP contribution < -0.4 is 20.9 Å². The van der Waals surface area contributed by atoms with Crippen LogP contribution >= 0.6 is 12.2 Å². The van der Waals surface area contributed by atoms with E-state index in [0.717, 1.165) is 12.8 Å². The molecule has 2 rings (SSSR count). The maximum atomic E-state index is 11.9. The normalized spacial score (nSPS) is 13.5. The van der Waals surface area contributed by atoms with Crippen LogP contribution in [0.3, 0.4) is 0 Å². The van der Waals surface area contributed by atoms with Gasteiger partial charge in [0.25, 0.3) is 5.91 Å². The minimum absolute atomic E-state index is 0.0372. The summed E-state index contributed by atoms with van der Waals surface area (Å²) in [6.45, 7) is 1.77. The monoisotopic (exact) mass is 407 g/mol. The summed E-state index contributed by atoms with van der Waals surface area (Å²) in [5.74, 6) is -0.199. The number of hydrazine groups is 1. The first-order chi connectivity index (χ1) is 13.5. The van der Waals surface area contributed by atoms with E-state index in [1.165, 1.54) is 12.8 Å². The maximum Gasteiger partial charge on any atom is 0.338 e. The summed E-state index contributed by atoms with van der Waals surface area (Å²) in [5.41, 5.74) is 5.23. The summed E-state index contributed by atoms with van der Waals surface area (Å²) in [4.78, 5) is 35.2. The second-order valence-electron chi connectivity index (χ2n) is 6.44. The van der Waals surface area contributed by atoms with Crippen molar-refractivity contribution in [1.82, 2.24) is 16.2 Å². The Kier molecular flexibility index (Phi) is 8.67. The second-order valence-corrected chi connectivity index (χ2v) is 6.85. The summed E-state index contributed by atoms with van der Waals surface area (Å²) < 4.78 is 10.2. The lowest BCUT2D eigenvalue weighted by Gasteiger charge is -2.13. The Labute approximate surface area is 169 Å². The number of benzene rings is 1. The maximum absolute atomic E-state index is 11.9. The molecular formula is C19H25N3O5S. The minimum Gasteiger partial charge on any atom is -0.484 e. The van der Waals surface area contributed by atoms with E-state index in [-0.39, 0.29) is 17.6 Å². The van der Waals surface area contributed by atoms with Gasteiger partial charge in [0.1, 0.15) is 5.75 Å². The molecule has 1 saturated carbocycles. The van der Waals surface area contributed by atoms with E-state index in [4.69, 9.17) is 21.7 Å². The molecule has 28 heavy (non-hydrogen) atoms. The van der Waals surface area contributed by atoms with Crippen LogP contribution in [0.4, 0.5) is 0 Å². The fraction of sp³-hybridized carbons (Fsp3) is 0.474. The molecule has 1 aromatic rings. The Morgan fingerprint density at radius 1 is 1.07 bits per heavy atom. The average Bonchev–Trinajstić information content (AvgIpc) is 3.18. The van der Waals surface area contributed by atoms with Crippen LogP contribution in [0.5, 0.6) is 5.75 Å². The molecular weight excluding hydrogens is 382 g/mol. The zero-order valence-corrected chi connectivity index (χ0v) is 16.6. The van der Waals surface area contributed by atoms with Crippen molar-refractivity contribution in [2.45, 2.75) is 39.0 Å². The third-order valence-electron chi connectivity index (χ3n) is 4.25. The number of carbonyl (C=O) groups is 3. The number of thiocarbonyl (C=S) groups is 1. The Balaban J connectivity index is 1.64. The van der Waals surface area contributed by atoms with Gasteiger partial charge in [-0.25, -0.2) is 4.79 Å². The van der Waals surface area contributed by atoms with Crippen LogP contribution in [-0.4, -0.2) is 36.1 Å². The zero-order valence-electron chi connectivity index (χ0n) is 15.8.